The van der Waals surface area contributed by atoms with Crippen LogP contribution in [-0.2, 0) is 0 Å². The predicted molar refractivity (Wildman–Crippen MR) is 118 cm³/mol. The van der Waals surface area contributed by atoms with Crippen LogP contribution >= 0.6 is 15.9 Å². The molecule has 0 unspecified atom stereocenters. The van der Waals surface area contributed by atoms with Gasteiger partial charge in [-0.05, 0) is 47.0 Å². The van der Waals surface area contributed by atoms with Crippen molar-refractivity contribution >= 4 is 44.5 Å². The summed E-state index contributed by atoms with van der Waals surface area (Å²) in [6.07, 6.45) is 2.04. The molecule has 1 saturated carbocycles. The van der Waals surface area contributed by atoms with Crippen molar-refractivity contribution in [2.24, 2.45) is 0 Å². The lowest BCUT2D eigenvalue weighted by Gasteiger charge is -2.36. The molecule has 10 heteroatoms. The minimum atomic E-state index is -0.971. The second-order valence-corrected chi connectivity index (χ2v) is 8.83. The first-order valence-corrected chi connectivity index (χ1v) is 11.1. The number of piperazine rings is 1. The number of nitrogens with one attached hydrogen (secondary N) is 1. The number of carbonyl (C=O) groups is 1. The van der Waals surface area contributed by atoms with Crippen molar-refractivity contribution < 1.29 is 18.0 Å². The maximum absolute atomic E-state index is 13.8. The molecule has 32 heavy (non-hydrogen) atoms. The molecule has 6 nitrogen and oxygen atoms in total. The van der Waals surface area contributed by atoms with Gasteiger partial charge in [0.2, 0.25) is 0 Å². The average molecular weight is 506 g/mol. The van der Waals surface area contributed by atoms with E-state index in [9.17, 15) is 18.0 Å². The Kier molecular flexibility index (Phi) is 5.40. The van der Waals surface area contributed by atoms with Crippen LogP contribution in [0.1, 0.15) is 23.2 Å². The van der Waals surface area contributed by atoms with Gasteiger partial charge in [-0.2, -0.15) is 0 Å². The van der Waals surface area contributed by atoms with E-state index in [1.165, 1.54) is 18.2 Å². The van der Waals surface area contributed by atoms with E-state index in [1.54, 1.807) is 4.90 Å². The van der Waals surface area contributed by atoms with Crippen LogP contribution in [0.3, 0.4) is 0 Å². The Balaban J connectivity index is 1.38. The van der Waals surface area contributed by atoms with Crippen LogP contribution in [0, 0.1) is 17.5 Å². The Bertz CT molecular complexity index is 1210. The van der Waals surface area contributed by atoms with Crippen LogP contribution in [0.5, 0.6) is 0 Å². The zero-order valence-electron chi connectivity index (χ0n) is 16.9. The lowest BCUT2D eigenvalue weighted by molar-refractivity contribution is 0.0746. The zero-order valence-corrected chi connectivity index (χ0v) is 18.5. The third-order valence-corrected chi connectivity index (χ3v) is 6.25. The first-order chi connectivity index (χ1) is 15.4. The topological polar surface area (TPSA) is 61.4 Å². The molecular formula is C22H19BrF3N5O. The van der Waals surface area contributed by atoms with Crippen molar-refractivity contribution in [3.05, 3.63) is 57.8 Å². The summed E-state index contributed by atoms with van der Waals surface area (Å²) in [6.45, 7) is 1.87. The third kappa shape index (κ3) is 4.11. The normalized spacial score (nSPS) is 16.5. The number of nitrogens with zero attached hydrogens (tertiary/aromatic N) is 4. The van der Waals surface area contributed by atoms with E-state index in [-0.39, 0.29) is 21.4 Å². The number of fused-ring (bicyclic) bond motifs is 1. The van der Waals surface area contributed by atoms with Crippen LogP contribution in [0.2, 0.25) is 0 Å². The number of halogens is 4. The van der Waals surface area contributed by atoms with E-state index >= 15 is 0 Å². The number of amides is 1. The lowest BCUT2D eigenvalue weighted by atomic mass is 10.1. The summed E-state index contributed by atoms with van der Waals surface area (Å²) in [5.74, 6) is -1.43. The average Bonchev–Trinajstić information content (AvgIpc) is 3.60. The fourth-order valence-electron chi connectivity index (χ4n) is 3.71. The van der Waals surface area contributed by atoms with Gasteiger partial charge in [-0.25, -0.2) is 23.1 Å². The van der Waals surface area contributed by atoms with E-state index in [4.69, 9.17) is 0 Å². The first kappa shape index (κ1) is 21.0. The van der Waals surface area contributed by atoms with Gasteiger partial charge in [0.1, 0.15) is 5.82 Å². The van der Waals surface area contributed by atoms with Crippen LogP contribution in [-0.4, -0.2) is 53.0 Å². The number of hydrogen-bond acceptors (Lipinski definition) is 5. The monoisotopic (exact) mass is 505 g/mol. The van der Waals surface area contributed by atoms with Crippen molar-refractivity contribution in [1.82, 2.24) is 14.9 Å². The van der Waals surface area contributed by atoms with Crippen LogP contribution in [0.15, 0.2) is 34.8 Å². The Hall–Kier alpha value is -2.88. The van der Waals surface area contributed by atoms with Crippen molar-refractivity contribution in [2.75, 3.05) is 36.4 Å². The molecule has 166 valence electrons. The summed E-state index contributed by atoms with van der Waals surface area (Å²) in [7, 11) is 0. The molecular weight excluding hydrogens is 487 g/mol. The molecule has 2 aromatic carbocycles. The number of anilines is 2. The van der Waals surface area contributed by atoms with Crippen LogP contribution in [0.4, 0.5) is 24.8 Å². The second kappa shape index (κ2) is 8.23. The third-order valence-electron chi connectivity index (χ3n) is 5.64. The van der Waals surface area contributed by atoms with Gasteiger partial charge >= 0.3 is 0 Å². The summed E-state index contributed by atoms with van der Waals surface area (Å²) in [6, 6.07) is 6.60. The molecule has 5 rings (SSSR count). The molecule has 0 spiro atoms. The van der Waals surface area contributed by atoms with E-state index in [2.05, 4.69) is 31.2 Å². The van der Waals surface area contributed by atoms with Gasteiger partial charge in [0.05, 0.1) is 15.5 Å². The van der Waals surface area contributed by atoms with Gasteiger partial charge in [-0.1, -0.05) is 0 Å². The highest BCUT2D eigenvalue weighted by Crippen LogP contribution is 2.32. The summed E-state index contributed by atoms with van der Waals surface area (Å²) in [4.78, 5) is 25.6. The molecule has 2 fully saturated rings. The molecule has 1 N–H and O–H groups in total. The van der Waals surface area contributed by atoms with Crippen LogP contribution in [0.25, 0.3) is 11.0 Å². The fraction of sp³-hybridized carbons (Fsp3) is 0.318. The Labute approximate surface area is 190 Å². The Morgan fingerprint density at radius 1 is 0.938 bits per heavy atom. The summed E-state index contributed by atoms with van der Waals surface area (Å²) < 4.78 is 41.2. The Morgan fingerprint density at radius 3 is 2.22 bits per heavy atom. The molecule has 1 amide bonds. The Morgan fingerprint density at radius 2 is 1.59 bits per heavy atom. The zero-order chi connectivity index (χ0) is 22.4. The van der Waals surface area contributed by atoms with Crippen LogP contribution < -0.4 is 10.2 Å². The van der Waals surface area contributed by atoms with Crippen molar-refractivity contribution in [1.29, 1.82) is 0 Å². The number of benzene rings is 2. The number of hydrogen-bond donors (Lipinski definition) is 1. The highest BCUT2D eigenvalue weighted by molar-refractivity contribution is 9.10. The van der Waals surface area contributed by atoms with Crippen molar-refractivity contribution in [3.63, 3.8) is 0 Å². The van der Waals surface area contributed by atoms with Gasteiger partial charge in [-0.15, -0.1) is 0 Å². The summed E-state index contributed by atoms with van der Waals surface area (Å²) in [5, 5.41) is 3.33. The van der Waals surface area contributed by atoms with E-state index in [0.717, 1.165) is 25.0 Å². The number of rotatable bonds is 4. The van der Waals surface area contributed by atoms with Gasteiger partial charge < -0.3 is 15.1 Å². The van der Waals surface area contributed by atoms with Gasteiger partial charge in [0.25, 0.3) is 5.91 Å². The SMILES string of the molecule is O=C(c1ccc(F)c(Br)c1)N1CCN(c2nc3cc(F)c(F)cc3nc2NC2CC2)CC1. The van der Waals surface area contributed by atoms with E-state index in [0.29, 0.717) is 49.4 Å². The molecule has 1 aliphatic carbocycles. The van der Waals surface area contributed by atoms with Crippen molar-refractivity contribution in [2.45, 2.75) is 18.9 Å². The summed E-state index contributed by atoms with van der Waals surface area (Å²) in [5.41, 5.74) is 0.965. The van der Waals surface area contributed by atoms with Gasteiger partial charge in [0, 0.05) is 49.9 Å². The second-order valence-electron chi connectivity index (χ2n) is 7.98. The number of aromatic nitrogens is 2. The highest BCUT2D eigenvalue weighted by Gasteiger charge is 2.28. The minimum Gasteiger partial charge on any atom is -0.364 e. The number of carbonyl (C=O) groups excluding carboxylic acids is 1. The smallest absolute Gasteiger partial charge is 0.254 e. The molecule has 2 heterocycles. The molecule has 1 aliphatic heterocycles. The standard InChI is InChI=1S/C22H19BrF3N5O/c23-14-9-12(1-4-15(14)24)22(32)31-7-5-30(6-8-31)21-20(27-13-2-3-13)28-18-10-16(25)17(26)11-19(18)29-21/h1,4,9-11,13H,2-3,5-8H2,(H,27,28). The molecule has 2 aliphatic rings. The quantitative estimate of drug-likeness (QED) is 0.571. The molecule has 0 bridgehead atoms. The van der Waals surface area contributed by atoms with Gasteiger partial charge in [0.15, 0.2) is 23.3 Å². The maximum Gasteiger partial charge on any atom is 0.254 e. The first-order valence-electron chi connectivity index (χ1n) is 10.3. The largest absolute Gasteiger partial charge is 0.364 e. The molecule has 1 saturated heterocycles. The maximum atomic E-state index is 13.8. The summed E-state index contributed by atoms with van der Waals surface area (Å²) >= 11 is 3.11. The molecule has 0 atom stereocenters. The van der Waals surface area contributed by atoms with Gasteiger partial charge in [-0.3, -0.25) is 4.79 Å². The van der Waals surface area contributed by atoms with E-state index in [1.807, 2.05) is 4.90 Å². The van der Waals surface area contributed by atoms with Crippen molar-refractivity contribution in [3.8, 4) is 0 Å². The van der Waals surface area contributed by atoms with E-state index < -0.39 is 17.5 Å². The fourth-order valence-corrected chi connectivity index (χ4v) is 4.09. The predicted octanol–water partition coefficient (Wildman–Crippen LogP) is 4.35. The molecule has 3 aromatic rings. The highest BCUT2D eigenvalue weighted by atomic mass is 79.9. The molecule has 0 radical (unpaired) electrons. The minimum absolute atomic E-state index is 0.177. The lowest BCUT2D eigenvalue weighted by Crippen LogP contribution is -2.49. The molecule has 1 aromatic heterocycles.